The maximum absolute atomic E-state index is 12.2. The van der Waals surface area contributed by atoms with Crippen LogP contribution in [0.25, 0.3) is 0 Å². The Kier molecular flexibility index (Phi) is 5.66. The van der Waals surface area contributed by atoms with Crippen molar-refractivity contribution in [2.24, 2.45) is 0 Å². The minimum atomic E-state index is -0.0198. The predicted molar refractivity (Wildman–Crippen MR) is 98.4 cm³/mol. The molecule has 132 valence electrons. The Morgan fingerprint density at radius 2 is 2.12 bits per heavy atom. The van der Waals surface area contributed by atoms with Gasteiger partial charge in [-0.05, 0) is 51.1 Å². The van der Waals surface area contributed by atoms with Gasteiger partial charge in [-0.15, -0.1) is 0 Å². The number of rotatable bonds is 5. The van der Waals surface area contributed by atoms with Crippen LogP contribution in [-0.2, 0) is 17.8 Å². The van der Waals surface area contributed by atoms with Crippen molar-refractivity contribution >= 4 is 17.5 Å². The molecule has 6 heteroatoms. The molecule has 2 heterocycles. The average molecular weight is 359 g/mol. The molecule has 0 saturated carbocycles. The zero-order valence-electron chi connectivity index (χ0n) is 14.6. The van der Waals surface area contributed by atoms with E-state index in [1.165, 1.54) is 6.42 Å². The van der Waals surface area contributed by atoms with Gasteiger partial charge in [0.05, 0.1) is 18.2 Å². The highest BCUT2D eigenvalue weighted by Crippen LogP contribution is 2.31. The molecule has 1 aromatic heterocycles. The number of hydrogen-bond donors (Lipinski definition) is 1. The van der Waals surface area contributed by atoms with Gasteiger partial charge in [-0.25, -0.2) is 9.97 Å². The maximum atomic E-state index is 12.2. The predicted octanol–water partition coefficient (Wildman–Crippen LogP) is 3.06. The number of aromatic nitrogens is 2. The molecule has 0 unspecified atom stereocenters. The molecule has 1 saturated heterocycles. The first-order valence-corrected chi connectivity index (χ1v) is 8.94. The molecule has 1 atom stereocenters. The fourth-order valence-electron chi connectivity index (χ4n) is 3.24. The fourth-order valence-corrected chi connectivity index (χ4v) is 3.36. The topological polar surface area (TPSA) is 58.1 Å². The van der Waals surface area contributed by atoms with E-state index in [2.05, 4.69) is 27.2 Å². The van der Waals surface area contributed by atoms with Crippen molar-refractivity contribution in [2.45, 2.75) is 38.8 Å². The number of carbonyl (C=O) groups excluding carboxylic acids is 1. The summed E-state index contributed by atoms with van der Waals surface area (Å²) in [5.41, 5.74) is 2.98. The fraction of sp³-hybridized carbons (Fsp3) is 0.421. The summed E-state index contributed by atoms with van der Waals surface area (Å²) in [7, 11) is 2.12. The van der Waals surface area contributed by atoms with Gasteiger partial charge in [-0.2, -0.15) is 0 Å². The van der Waals surface area contributed by atoms with Gasteiger partial charge in [0.25, 0.3) is 0 Å². The van der Waals surface area contributed by atoms with E-state index >= 15 is 0 Å². The Balaban J connectivity index is 1.66. The van der Waals surface area contributed by atoms with Crippen molar-refractivity contribution in [2.75, 3.05) is 13.6 Å². The average Bonchev–Trinajstić information content (AvgIpc) is 3.01. The molecular formula is C19H23ClN4O. The van der Waals surface area contributed by atoms with Crippen LogP contribution >= 0.6 is 11.6 Å². The normalized spacial score (nSPS) is 17.6. The molecule has 1 aromatic carbocycles. The van der Waals surface area contributed by atoms with Crippen LogP contribution in [0.2, 0.25) is 5.02 Å². The van der Waals surface area contributed by atoms with E-state index in [4.69, 9.17) is 11.6 Å². The molecule has 0 aliphatic carbocycles. The molecule has 1 fully saturated rings. The maximum Gasteiger partial charge on any atom is 0.224 e. The Hall–Kier alpha value is -1.98. The zero-order chi connectivity index (χ0) is 17.8. The van der Waals surface area contributed by atoms with Gasteiger partial charge in [-0.3, -0.25) is 9.69 Å². The second-order valence-corrected chi connectivity index (χ2v) is 6.98. The summed E-state index contributed by atoms with van der Waals surface area (Å²) in [4.78, 5) is 23.5. The molecule has 2 aromatic rings. The Morgan fingerprint density at radius 3 is 2.80 bits per heavy atom. The molecule has 0 radical (unpaired) electrons. The quantitative estimate of drug-likeness (QED) is 0.892. The molecule has 1 amide bonds. The van der Waals surface area contributed by atoms with Crippen molar-refractivity contribution in [1.29, 1.82) is 0 Å². The number of likely N-dealkylation sites (tertiary alicyclic amines) is 1. The van der Waals surface area contributed by atoms with Crippen molar-refractivity contribution in [1.82, 2.24) is 20.2 Å². The monoisotopic (exact) mass is 358 g/mol. The molecule has 3 rings (SSSR count). The number of nitrogens with zero attached hydrogens (tertiary/aromatic N) is 3. The summed E-state index contributed by atoms with van der Waals surface area (Å²) >= 11 is 5.88. The van der Waals surface area contributed by atoms with Crippen LogP contribution in [0.4, 0.5) is 0 Å². The number of carbonyl (C=O) groups is 1. The van der Waals surface area contributed by atoms with Crippen molar-refractivity contribution in [3.63, 3.8) is 0 Å². The standard InChI is InChI=1S/C19H23ClN4O/c1-13-21-11-15(19(23-13)17-4-3-9-24(17)2)12-22-18(25)10-14-5-7-16(20)8-6-14/h5-8,11,17H,3-4,9-10,12H2,1-2H3,(H,22,25)/t17-/m1/s1. The van der Waals surface area contributed by atoms with Crippen LogP contribution < -0.4 is 5.32 Å². The summed E-state index contributed by atoms with van der Waals surface area (Å²) in [6.45, 7) is 3.43. The third-order valence-corrected chi connectivity index (χ3v) is 4.86. The molecular weight excluding hydrogens is 336 g/mol. The molecule has 1 aliphatic heterocycles. The SMILES string of the molecule is Cc1ncc(CNC(=O)Cc2ccc(Cl)cc2)c([C@H]2CCCN2C)n1. The lowest BCUT2D eigenvalue weighted by atomic mass is 10.1. The van der Waals surface area contributed by atoms with Crippen LogP contribution in [0.15, 0.2) is 30.5 Å². The highest BCUT2D eigenvalue weighted by atomic mass is 35.5. The Morgan fingerprint density at radius 1 is 1.36 bits per heavy atom. The highest BCUT2D eigenvalue weighted by molar-refractivity contribution is 6.30. The second-order valence-electron chi connectivity index (χ2n) is 6.55. The third-order valence-electron chi connectivity index (χ3n) is 4.61. The van der Waals surface area contributed by atoms with Crippen LogP contribution in [0.5, 0.6) is 0 Å². The van der Waals surface area contributed by atoms with Crippen molar-refractivity contribution in [3.8, 4) is 0 Å². The summed E-state index contributed by atoms with van der Waals surface area (Å²) in [6, 6.07) is 7.65. The Labute approximate surface area is 153 Å². The van der Waals surface area contributed by atoms with E-state index < -0.39 is 0 Å². The van der Waals surface area contributed by atoms with Crippen LogP contribution in [-0.4, -0.2) is 34.4 Å². The van der Waals surface area contributed by atoms with E-state index in [0.717, 1.165) is 35.6 Å². The second kappa shape index (κ2) is 7.93. The number of hydrogen-bond acceptors (Lipinski definition) is 4. The van der Waals surface area contributed by atoms with Gasteiger partial charge in [0.1, 0.15) is 5.82 Å². The van der Waals surface area contributed by atoms with Gasteiger partial charge in [0.2, 0.25) is 5.91 Å². The molecule has 25 heavy (non-hydrogen) atoms. The van der Waals surface area contributed by atoms with E-state index in [9.17, 15) is 4.79 Å². The molecule has 5 nitrogen and oxygen atoms in total. The zero-order valence-corrected chi connectivity index (χ0v) is 15.4. The molecule has 1 N–H and O–H groups in total. The van der Waals surface area contributed by atoms with Crippen molar-refractivity contribution < 1.29 is 4.79 Å². The number of halogens is 1. The number of amides is 1. The van der Waals surface area contributed by atoms with Gasteiger partial charge >= 0.3 is 0 Å². The molecule has 1 aliphatic rings. The summed E-state index contributed by atoms with van der Waals surface area (Å²) in [5, 5.41) is 3.66. The molecule has 0 bridgehead atoms. The van der Waals surface area contributed by atoms with Gasteiger partial charge < -0.3 is 5.32 Å². The first-order chi connectivity index (χ1) is 12.0. The highest BCUT2D eigenvalue weighted by Gasteiger charge is 2.26. The van der Waals surface area contributed by atoms with E-state index in [1.807, 2.05) is 25.3 Å². The lowest BCUT2D eigenvalue weighted by molar-refractivity contribution is -0.120. The Bertz CT molecular complexity index is 748. The lowest BCUT2D eigenvalue weighted by Gasteiger charge is -2.21. The van der Waals surface area contributed by atoms with Crippen LogP contribution in [0.3, 0.4) is 0 Å². The first-order valence-electron chi connectivity index (χ1n) is 8.56. The number of aryl methyl sites for hydroxylation is 1. The van der Waals surface area contributed by atoms with E-state index in [0.29, 0.717) is 24.0 Å². The largest absolute Gasteiger partial charge is 0.352 e. The van der Waals surface area contributed by atoms with Gasteiger partial charge in [0.15, 0.2) is 0 Å². The summed E-state index contributed by atoms with van der Waals surface area (Å²) < 4.78 is 0. The van der Waals surface area contributed by atoms with Gasteiger partial charge in [0, 0.05) is 23.3 Å². The summed E-state index contributed by atoms with van der Waals surface area (Å²) in [5.74, 6) is 0.750. The van der Waals surface area contributed by atoms with Crippen LogP contribution in [0, 0.1) is 6.92 Å². The lowest BCUT2D eigenvalue weighted by Crippen LogP contribution is -2.27. The summed E-state index contributed by atoms with van der Waals surface area (Å²) in [6.07, 6.45) is 4.44. The minimum Gasteiger partial charge on any atom is -0.352 e. The number of benzene rings is 1. The van der Waals surface area contributed by atoms with Gasteiger partial charge in [-0.1, -0.05) is 23.7 Å². The first kappa shape index (κ1) is 17.8. The van der Waals surface area contributed by atoms with E-state index in [1.54, 1.807) is 12.1 Å². The van der Waals surface area contributed by atoms with Crippen LogP contribution in [0.1, 0.15) is 41.5 Å². The van der Waals surface area contributed by atoms with Crippen molar-refractivity contribution in [3.05, 3.63) is 58.1 Å². The number of nitrogens with one attached hydrogen (secondary N) is 1. The smallest absolute Gasteiger partial charge is 0.224 e. The third kappa shape index (κ3) is 4.55. The minimum absolute atomic E-state index is 0.0198. The van der Waals surface area contributed by atoms with E-state index in [-0.39, 0.29) is 5.91 Å². The molecule has 0 spiro atoms.